The first-order chi connectivity index (χ1) is 14.8. The number of rotatable bonds is 7. The minimum absolute atomic E-state index is 0.0960. The highest BCUT2D eigenvalue weighted by Crippen LogP contribution is 2.31. The van der Waals surface area contributed by atoms with Gasteiger partial charge in [-0.3, -0.25) is 4.99 Å². The van der Waals surface area contributed by atoms with Crippen molar-refractivity contribution in [2.24, 2.45) is 4.99 Å². The fraction of sp³-hybridized carbons (Fsp3) is 0.231. The molecule has 0 aliphatic rings. The van der Waals surface area contributed by atoms with Crippen molar-refractivity contribution in [3.63, 3.8) is 0 Å². The molecule has 5 nitrogen and oxygen atoms in total. The number of nitrogens with zero attached hydrogens (tertiary/aromatic N) is 1. The fourth-order valence-corrected chi connectivity index (χ4v) is 3.04. The molecule has 0 atom stereocenters. The standard InChI is InChI=1S/C26H27NO4/c1-26(2,3)21-12-14-22(15-13-21)27-16-20-6-5-7-23(30-4)24(20)31-17-18-8-10-19(11-9-18)25(28)29/h5-16H,17H2,1-4H3,(H,28,29). The third-order valence-electron chi connectivity index (χ3n) is 4.90. The van der Waals surface area contributed by atoms with E-state index in [-0.39, 0.29) is 17.6 Å². The number of hydrogen-bond donors (Lipinski definition) is 1. The van der Waals surface area contributed by atoms with Crippen LogP contribution in [-0.4, -0.2) is 24.4 Å². The molecular formula is C26H27NO4. The van der Waals surface area contributed by atoms with Crippen LogP contribution in [0.1, 0.15) is 47.8 Å². The number of carboxylic acid groups (broad SMARTS) is 1. The van der Waals surface area contributed by atoms with Crippen molar-refractivity contribution in [3.05, 3.63) is 89.0 Å². The van der Waals surface area contributed by atoms with Gasteiger partial charge in [0.25, 0.3) is 0 Å². The van der Waals surface area contributed by atoms with Crippen molar-refractivity contribution >= 4 is 17.9 Å². The maximum Gasteiger partial charge on any atom is 0.335 e. The van der Waals surface area contributed by atoms with Gasteiger partial charge in [0.05, 0.1) is 18.4 Å². The minimum Gasteiger partial charge on any atom is -0.493 e. The molecule has 1 N–H and O–H groups in total. The second-order valence-corrected chi connectivity index (χ2v) is 8.22. The summed E-state index contributed by atoms with van der Waals surface area (Å²) < 4.78 is 11.5. The number of carbonyl (C=O) groups is 1. The predicted molar refractivity (Wildman–Crippen MR) is 123 cm³/mol. The van der Waals surface area contributed by atoms with Crippen LogP contribution in [0.2, 0.25) is 0 Å². The zero-order valence-electron chi connectivity index (χ0n) is 18.3. The molecule has 0 aromatic heterocycles. The Kier molecular flexibility index (Phi) is 6.75. The number of methoxy groups -OCH3 is 1. The van der Waals surface area contributed by atoms with Gasteiger partial charge in [-0.1, -0.05) is 51.1 Å². The van der Waals surface area contributed by atoms with Gasteiger partial charge in [-0.05, 0) is 52.9 Å². The second kappa shape index (κ2) is 9.47. The van der Waals surface area contributed by atoms with Gasteiger partial charge in [0.2, 0.25) is 0 Å². The number of benzene rings is 3. The van der Waals surface area contributed by atoms with Crippen molar-refractivity contribution in [1.29, 1.82) is 0 Å². The summed E-state index contributed by atoms with van der Waals surface area (Å²) in [6.07, 6.45) is 1.76. The summed E-state index contributed by atoms with van der Waals surface area (Å²) in [7, 11) is 1.59. The normalized spacial score (nSPS) is 11.5. The molecule has 5 heteroatoms. The fourth-order valence-electron chi connectivity index (χ4n) is 3.04. The van der Waals surface area contributed by atoms with E-state index in [0.29, 0.717) is 11.5 Å². The van der Waals surface area contributed by atoms with E-state index >= 15 is 0 Å². The monoisotopic (exact) mass is 417 g/mol. The van der Waals surface area contributed by atoms with Crippen LogP contribution in [0.25, 0.3) is 0 Å². The van der Waals surface area contributed by atoms with E-state index in [4.69, 9.17) is 14.6 Å². The zero-order valence-corrected chi connectivity index (χ0v) is 18.3. The van der Waals surface area contributed by atoms with Crippen molar-refractivity contribution in [2.45, 2.75) is 32.8 Å². The minimum atomic E-state index is -0.953. The van der Waals surface area contributed by atoms with Crippen LogP contribution < -0.4 is 9.47 Å². The molecule has 0 heterocycles. The SMILES string of the molecule is COc1cccc(C=Nc2ccc(C(C)(C)C)cc2)c1OCc1ccc(C(=O)O)cc1. The molecule has 160 valence electrons. The van der Waals surface area contributed by atoms with Crippen LogP contribution >= 0.6 is 0 Å². The van der Waals surface area contributed by atoms with Crippen molar-refractivity contribution in [1.82, 2.24) is 0 Å². The zero-order chi connectivity index (χ0) is 22.4. The van der Waals surface area contributed by atoms with Crippen LogP contribution in [0, 0.1) is 0 Å². The summed E-state index contributed by atoms with van der Waals surface area (Å²) in [5.41, 5.74) is 4.10. The van der Waals surface area contributed by atoms with Crippen LogP contribution in [0.5, 0.6) is 11.5 Å². The second-order valence-electron chi connectivity index (χ2n) is 8.22. The lowest BCUT2D eigenvalue weighted by molar-refractivity contribution is 0.0697. The van der Waals surface area contributed by atoms with Crippen LogP contribution in [0.4, 0.5) is 5.69 Å². The number of carboxylic acids is 1. The first-order valence-corrected chi connectivity index (χ1v) is 10.0. The highest BCUT2D eigenvalue weighted by Gasteiger charge is 2.13. The lowest BCUT2D eigenvalue weighted by Gasteiger charge is -2.18. The molecular weight excluding hydrogens is 390 g/mol. The lowest BCUT2D eigenvalue weighted by Crippen LogP contribution is -2.10. The summed E-state index contributed by atoms with van der Waals surface area (Å²) in [6, 6.07) is 20.4. The molecule has 3 aromatic carbocycles. The number of para-hydroxylation sites is 1. The largest absolute Gasteiger partial charge is 0.493 e. The lowest BCUT2D eigenvalue weighted by atomic mass is 9.87. The molecule has 0 spiro atoms. The molecule has 0 unspecified atom stereocenters. The van der Waals surface area contributed by atoms with Crippen molar-refractivity contribution < 1.29 is 19.4 Å². The van der Waals surface area contributed by atoms with E-state index in [0.717, 1.165) is 16.8 Å². The third-order valence-corrected chi connectivity index (χ3v) is 4.90. The Morgan fingerprint density at radius 2 is 1.68 bits per heavy atom. The highest BCUT2D eigenvalue weighted by molar-refractivity contribution is 5.88. The van der Waals surface area contributed by atoms with Gasteiger partial charge in [0.1, 0.15) is 6.61 Å². The van der Waals surface area contributed by atoms with Crippen LogP contribution in [0.3, 0.4) is 0 Å². The van der Waals surface area contributed by atoms with E-state index in [9.17, 15) is 4.79 Å². The Morgan fingerprint density at radius 1 is 1.00 bits per heavy atom. The Balaban J connectivity index is 1.80. The topological polar surface area (TPSA) is 68.1 Å². The smallest absolute Gasteiger partial charge is 0.335 e. The number of aromatic carboxylic acids is 1. The number of ether oxygens (including phenoxy) is 2. The molecule has 0 saturated heterocycles. The summed E-state index contributed by atoms with van der Waals surface area (Å²) in [6.45, 7) is 6.82. The van der Waals surface area contributed by atoms with Crippen molar-refractivity contribution in [3.8, 4) is 11.5 Å². The summed E-state index contributed by atoms with van der Waals surface area (Å²) in [4.78, 5) is 15.6. The van der Waals surface area contributed by atoms with E-state index in [1.54, 1.807) is 37.6 Å². The number of hydrogen-bond acceptors (Lipinski definition) is 4. The van der Waals surface area contributed by atoms with Gasteiger partial charge in [-0.25, -0.2) is 4.79 Å². The Morgan fingerprint density at radius 3 is 2.26 bits per heavy atom. The van der Waals surface area contributed by atoms with Gasteiger partial charge in [0.15, 0.2) is 11.5 Å². The van der Waals surface area contributed by atoms with Gasteiger partial charge in [0, 0.05) is 11.8 Å². The molecule has 3 rings (SSSR count). The molecule has 0 aliphatic carbocycles. The van der Waals surface area contributed by atoms with Crippen LogP contribution in [0.15, 0.2) is 71.7 Å². The Labute approximate surface area is 183 Å². The number of aliphatic imine (C=N–C) groups is 1. The average molecular weight is 418 g/mol. The summed E-state index contributed by atoms with van der Waals surface area (Å²) >= 11 is 0. The quantitative estimate of drug-likeness (QED) is 0.477. The first kappa shape index (κ1) is 22.1. The van der Waals surface area contributed by atoms with E-state index in [1.165, 1.54) is 5.56 Å². The summed E-state index contributed by atoms with van der Waals surface area (Å²) in [5, 5.41) is 9.03. The van der Waals surface area contributed by atoms with Crippen LogP contribution in [-0.2, 0) is 12.0 Å². The molecule has 31 heavy (non-hydrogen) atoms. The average Bonchev–Trinajstić information content (AvgIpc) is 2.76. The molecule has 0 radical (unpaired) electrons. The highest BCUT2D eigenvalue weighted by atomic mass is 16.5. The molecule has 0 fully saturated rings. The Hall–Kier alpha value is -3.60. The van der Waals surface area contributed by atoms with E-state index < -0.39 is 5.97 Å². The van der Waals surface area contributed by atoms with E-state index in [2.05, 4.69) is 37.9 Å². The molecule has 0 saturated carbocycles. The predicted octanol–water partition coefficient (Wildman–Crippen LogP) is 6.02. The van der Waals surface area contributed by atoms with Gasteiger partial charge in [-0.15, -0.1) is 0 Å². The van der Waals surface area contributed by atoms with Gasteiger partial charge < -0.3 is 14.6 Å². The van der Waals surface area contributed by atoms with E-state index in [1.807, 2.05) is 30.3 Å². The molecule has 0 aliphatic heterocycles. The molecule has 3 aromatic rings. The third kappa shape index (κ3) is 5.72. The van der Waals surface area contributed by atoms with Crippen molar-refractivity contribution in [2.75, 3.05) is 7.11 Å². The Bertz CT molecular complexity index is 1060. The molecule has 0 amide bonds. The van der Waals surface area contributed by atoms with Gasteiger partial charge >= 0.3 is 5.97 Å². The summed E-state index contributed by atoms with van der Waals surface area (Å²) in [5.74, 6) is 0.239. The molecule has 0 bridgehead atoms. The van der Waals surface area contributed by atoms with Gasteiger partial charge in [-0.2, -0.15) is 0 Å². The maximum atomic E-state index is 11.0. The first-order valence-electron chi connectivity index (χ1n) is 10.0. The maximum absolute atomic E-state index is 11.0.